The number of rotatable bonds is 3. The van der Waals surface area contributed by atoms with E-state index in [0.717, 1.165) is 23.1 Å². The van der Waals surface area contributed by atoms with Gasteiger partial charge in [0.15, 0.2) is 0 Å². The van der Waals surface area contributed by atoms with Crippen molar-refractivity contribution < 1.29 is 9.53 Å². The summed E-state index contributed by atoms with van der Waals surface area (Å²) in [5, 5.41) is 3.27. The number of ether oxygens (including phenoxy) is 1. The Hall–Kier alpha value is -1.40. The molecule has 5 unspecified atom stereocenters. The van der Waals surface area contributed by atoms with Gasteiger partial charge in [-0.25, -0.2) is 4.79 Å². The summed E-state index contributed by atoms with van der Waals surface area (Å²) in [4.78, 5) is 19.1. The zero-order valence-corrected chi connectivity index (χ0v) is 14.9. The number of likely N-dealkylation sites (tertiary alicyclic amines) is 1. The van der Waals surface area contributed by atoms with Crippen LogP contribution in [0.2, 0.25) is 0 Å². The van der Waals surface area contributed by atoms with Crippen LogP contribution >= 0.6 is 15.9 Å². The van der Waals surface area contributed by atoms with Crippen molar-refractivity contribution in [2.75, 3.05) is 13.1 Å². The van der Waals surface area contributed by atoms with Crippen LogP contribution in [-0.4, -0.2) is 41.2 Å². The maximum absolute atomic E-state index is 12.8. The second kappa shape index (κ2) is 5.56. The molecule has 0 spiro atoms. The van der Waals surface area contributed by atoms with E-state index in [1.54, 1.807) is 6.20 Å². The lowest BCUT2D eigenvalue weighted by Crippen LogP contribution is -2.42. The van der Waals surface area contributed by atoms with Crippen LogP contribution in [0, 0.1) is 17.8 Å². The van der Waals surface area contributed by atoms with Crippen LogP contribution in [0.1, 0.15) is 24.4 Å². The summed E-state index contributed by atoms with van der Waals surface area (Å²) in [6.45, 7) is 1.60. The number of carbonyl (C=O) groups excluding carboxylic acids is 1. The van der Waals surface area contributed by atoms with E-state index in [0.29, 0.717) is 17.8 Å². The molecule has 24 heavy (non-hydrogen) atoms. The third-order valence-corrected chi connectivity index (χ3v) is 6.24. The highest BCUT2D eigenvalue weighted by Gasteiger charge is 2.51. The number of carbonyl (C=O) groups is 1. The van der Waals surface area contributed by atoms with Gasteiger partial charge in [0.05, 0.1) is 18.2 Å². The van der Waals surface area contributed by atoms with Crippen LogP contribution in [0.3, 0.4) is 0 Å². The van der Waals surface area contributed by atoms with Crippen molar-refractivity contribution in [1.82, 2.24) is 15.2 Å². The summed E-state index contributed by atoms with van der Waals surface area (Å²) >= 11 is 3.48. The average molecular weight is 390 g/mol. The molecule has 2 saturated heterocycles. The smallest absolute Gasteiger partial charge is 0.317 e. The standard InChI is InChI=1S/C18H20BrN3O2/c19-12-5-11(6-20-7-12)17(10-1-2-10)21-18(23)22-8-13-14(9-22)16-4-3-15(13)24-16/h3-7,10,13-17H,1-2,8-9H2,(H,21,23). The summed E-state index contributed by atoms with van der Waals surface area (Å²) in [5.41, 5.74) is 1.09. The first-order chi connectivity index (χ1) is 11.7. The largest absolute Gasteiger partial charge is 0.366 e. The molecular formula is C18H20BrN3O2. The number of aromatic nitrogens is 1. The predicted molar refractivity (Wildman–Crippen MR) is 92.3 cm³/mol. The van der Waals surface area contributed by atoms with Crippen molar-refractivity contribution in [1.29, 1.82) is 0 Å². The third kappa shape index (κ3) is 2.47. The molecule has 126 valence electrons. The van der Waals surface area contributed by atoms with Crippen LogP contribution in [0.4, 0.5) is 4.79 Å². The number of amides is 2. The molecule has 6 heteroatoms. The highest BCUT2D eigenvalue weighted by Crippen LogP contribution is 2.44. The Bertz CT molecular complexity index is 685. The quantitative estimate of drug-likeness (QED) is 0.808. The monoisotopic (exact) mass is 389 g/mol. The van der Waals surface area contributed by atoms with E-state index in [-0.39, 0.29) is 24.3 Å². The van der Waals surface area contributed by atoms with Crippen LogP contribution < -0.4 is 5.32 Å². The van der Waals surface area contributed by atoms with Crippen molar-refractivity contribution in [3.8, 4) is 0 Å². The van der Waals surface area contributed by atoms with Crippen molar-refractivity contribution in [3.05, 3.63) is 40.6 Å². The van der Waals surface area contributed by atoms with E-state index < -0.39 is 0 Å². The number of nitrogens with one attached hydrogen (secondary N) is 1. The van der Waals surface area contributed by atoms with Crippen molar-refractivity contribution >= 4 is 22.0 Å². The highest BCUT2D eigenvalue weighted by atomic mass is 79.9. The van der Waals surface area contributed by atoms with Gasteiger partial charge in [-0.1, -0.05) is 12.2 Å². The van der Waals surface area contributed by atoms with Gasteiger partial charge >= 0.3 is 6.03 Å². The molecular weight excluding hydrogens is 370 g/mol. The molecule has 1 aromatic heterocycles. The highest BCUT2D eigenvalue weighted by molar-refractivity contribution is 9.10. The average Bonchev–Trinajstić information content (AvgIpc) is 3.02. The number of hydrogen-bond acceptors (Lipinski definition) is 3. The number of hydrogen-bond donors (Lipinski definition) is 1. The molecule has 0 radical (unpaired) electrons. The summed E-state index contributed by atoms with van der Waals surface area (Å²) in [6.07, 6.45) is 10.7. The van der Waals surface area contributed by atoms with Gasteiger partial charge in [0.1, 0.15) is 0 Å². The Balaban J connectivity index is 1.29. The fourth-order valence-electron chi connectivity index (χ4n) is 4.42. The van der Waals surface area contributed by atoms with Crippen molar-refractivity contribution in [2.45, 2.75) is 31.1 Å². The van der Waals surface area contributed by atoms with E-state index in [9.17, 15) is 4.79 Å². The van der Waals surface area contributed by atoms with E-state index in [1.165, 1.54) is 12.8 Å². The maximum atomic E-state index is 12.8. The molecule has 5 atom stereocenters. The Morgan fingerprint density at radius 2 is 1.96 bits per heavy atom. The number of fused-ring (bicyclic) bond motifs is 5. The number of pyridine rings is 1. The number of urea groups is 1. The molecule has 1 saturated carbocycles. The molecule has 5 nitrogen and oxygen atoms in total. The molecule has 3 fully saturated rings. The van der Waals surface area contributed by atoms with E-state index in [2.05, 4.69) is 44.4 Å². The minimum Gasteiger partial charge on any atom is -0.366 e. The molecule has 3 aliphatic heterocycles. The first-order valence-electron chi connectivity index (χ1n) is 8.69. The van der Waals surface area contributed by atoms with Crippen molar-refractivity contribution in [2.24, 2.45) is 17.8 Å². The molecule has 5 rings (SSSR count). The van der Waals surface area contributed by atoms with Crippen molar-refractivity contribution in [3.63, 3.8) is 0 Å². The molecule has 2 amide bonds. The van der Waals surface area contributed by atoms with Gasteiger partial charge in [-0.15, -0.1) is 0 Å². The zero-order valence-electron chi connectivity index (χ0n) is 13.3. The van der Waals surface area contributed by atoms with Gasteiger partial charge in [0.2, 0.25) is 0 Å². The fraction of sp³-hybridized carbons (Fsp3) is 0.556. The van der Waals surface area contributed by atoms with Gasteiger partial charge in [-0.3, -0.25) is 4.98 Å². The Morgan fingerprint density at radius 1 is 1.25 bits per heavy atom. The maximum Gasteiger partial charge on any atom is 0.317 e. The zero-order chi connectivity index (χ0) is 16.3. The van der Waals surface area contributed by atoms with Crippen LogP contribution in [0.5, 0.6) is 0 Å². The molecule has 2 bridgehead atoms. The SMILES string of the molecule is O=C(NC(c1cncc(Br)c1)C1CC1)N1CC2C3C=CC(O3)C2C1. The van der Waals surface area contributed by atoms with E-state index in [4.69, 9.17) is 4.74 Å². The Labute approximate surface area is 149 Å². The van der Waals surface area contributed by atoms with E-state index >= 15 is 0 Å². The summed E-state index contributed by atoms with van der Waals surface area (Å²) in [5.74, 6) is 1.48. The predicted octanol–water partition coefficient (Wildman–Crippen LogP) is 2.89. The minimum absolute atomic E-state index is 0.0562. The van der Waals surface area contributed by atoms with Gasteiger partial charge < -0.3 is 15.0 Å². The lowest BCUT2D eigenvalue weighted by molar-refractivity contribution is 0.0879. The number of halogens is 1. The van der Waals surface area contributed by atoms with Gasteiger partial charge in [0, 0.05) is 41.8 Å². The van der Waals surface area contributed by atoms with Crippen LogP contribution in [0.15, 0.2) is 35.1 Å². The Morgan fingerprint density at radius 3 is 2.58 bits per heavy atom. The molecule has 4 heterocycles. The van der Waals surface area contributed by atoms with Gasteiger partial charge in [-0.2, -0.15) is 0 Å². The summed E-state index contributed by atoms with van der Waals surface area (Å²) in [6, 6.07) is 2.18. The van der Waals surface area contributed by atoms with Gasteiger partial charge in [0.25, 0.3) is 0 Å². The summed E-state index contributed by atoms with van der Waals surface area (Å²) < 4.78 is 6.85. The lowest BCUT2D eigenvalue weighted by atomic mass is 9.86. The Kier molecular flexibility index (Phi) is 3.45. The second-order valence-electron chi connectivity index (χ2n) is 7.38. The van der Waals surface area contributed by atoms with E-state index in [1.807, 2.05) is 11.1 Å². The molecule has 4 aliphatic rings. The third-order valence-electron chi connectivity index (χ3n) is 5.81. The fourth-order valence-corrected chi connectivity index (χ4v) is 4.80. The van der Waals surface area contributed by atoms with Crippen LogP contribution in [-0.2, 0) is 4.74 Å². The topological polar surface area (TPSA) is 54.5 Å². The molecule has 1 N–H and O–H groups in total. The van der Waals surface area contributed by atoms with Crippen LogP contribution in [0.25, 0.3) is 0 Å². The second-order valence-corrected chi connectivity index (χ2v) is 8.30. The minimum atomic E-state index is 0.0562. The lowest BCUT2D eigenvalue weighted by Gasteiger charge is -2.24. The first-order valence-corrected chi connectivity index (χ1v) is 9.48. The number of nitrogens with zero attached hydrogens (tertiary/aromatic N) is 2. The molecule has 1 aromatic rings. The molecule has 0 aromatic carbocycles. The molecule has 1 aliphatic carbocycles. The normalized spacial score (nSPS) is 34.5. The first kappa shape index (κ1) is 14.9. The van der Waals surface area contributed by atoms with Gasteiger partial charge in [-0.05, 0) is 46.3 Å². The summed E-state index contributed by atoms with van der Waals surface area (Å²) in [7, 11) is 0.